The molecular formula is C19H23N. The largest absolute Gasteiger partial charge is 0.316 e. The quantitative estimate of drug-likeness (QED) is 0.891. The number of aryl methyl sites for hydroxylation is 1. The zero-order valence-electron chi connectivity index (χ0n) is 12.4. The van der Waals surface area contributed by atoms with E-state index in [2.05, 4.69) is 67.8 Å². The fourth-order valence-electron chi connectivity index (χ4n) is 3.36. The van der Waals surface area contributed by atoms with E-state index in [4.69, 9.17) is 0 Å². The summed E-state index contributed by atoms with van der Waals surface area (Å²) in [6.07, 6.45) is 3.55. The van der Waals surface area contributed by atoms with Gasteiger partial charge in [-0.2, -0.15) is 0 Å². The fourth-order valence-corrected chi connectivity index (χ4v) is 3.36. The standard InChI is InChI=1S/C19H23N/c1-14-7-9-15(10-8-14)11-19(20-2)18-12-16-5-3-4-6-17(16)13-18/h3-10,18-20H,11-13H2,1-2H3. The van der Waals surface area contributed by atoms with Crippen molar-refractivity contribution in [1.82, 2.24) is 5.32 Å². The number of hydrogen-bond donors (Lipinski definition) is 1. The zero-order chi connectivity index (χ0) is 13.9. The summed E-state index contributed by atoms with van der Waals surface area (Å²) in [5, 5.41) is 3.54. The third kappa shape index (κ3) is 2.78. The van der Waals surface area contributed by atoms with Crippen LogP contribution in [0.1, 0.15) is 22.3 Å². The number of hydrogen-bond acceptors (Lipinski definition) is 1. The van der Waals surface area contributed by atoms with Crippen LogP contribution in [-0.4, -0.2) is 13.1 Å². The van der Waals surface area contributed by atoms with Gasteiger partial charge in [-0.05, 0) is 55.8 Å². The molecule has 0 amide bonds. The average molecular weight is 265 g/mol. The molecule has 0 saturated heterocycles. The second-order valence-corrected chi connectivity index (χ2v) is 6.02. The van der Waals surface area contributed by atoms with Gasteiger partial charge in [0, 0.05) is 6.04 Å². The van der Waals surface area contributed by atoms with Gasteiger partial charge >= 0.3 is 0 Å². The van der Waals surface area contributed by atoms with Gasteiger partial charge in [-0.3, -0.25) is 0 Å². The van der Waals surface area contributed by atoms with Crippen molar-refractivity contribution < 1.29 is 0 Å². The number of rotatable bonds is 4. The molecule has 1 unspecified atom stereocenters. The van der Waals surface area contributed by atoms with E-state index >= 15 is 0 Å². The molecule has 0 bridgehead atoms. The van der Waals surface area contributed by atoms with Crippen molar-refractivity contribution >= 4 is 0 Å². The Morgan fingerprint density at radius 2 is 1.60 bits per heavy atom. The van der Waals surface area contributed by atoms with Crippen LogP contribution < -0.4 is 5.32 Å². The van der Waals surface area contributed by atoms with Gasteiger partial charge in [0.15, 0.2) is 0 Å². The van der Waals surface area contributed by atoms with Gasteiger partial charge in [0.2, 0.25) is 0 Å². The number of fused-ring (bicyclic) bond motifs is 1. The number of nitrogens with one attached hydrogen (secondary N) is 1. The van der Waals surface area contributed by atoms with E-state index in [0.717, 1.165) is 12.3 Å². The Morgan fingerprint density at radius 3 is 2.15 bits per heavy atom. The first-order chi connectivity index (χ1) is 9.76. The SMILES string of the molecule is CNC(Cc1ccc(C)cc1)C1Cc2ccccc2C1. The lowest BCUT2D eigenvalue weighted by molar-refractivity contribution is 0.383. The van der Waals surface area contributed by atoms with Crippen LogP contribution in [0.2, 0.25) is 0 Å². The molecule has 0 saturated carbocycles. The van der Waals surface area contributed by atoms with Crippen molar-refractivity contribution in [2.24, 2.45) is 5.92 Å². The van der Waals surface area contributed by atoms with Crippen LogP contribution in [0.5, 0.6) is 0 Å². The summed E-state index contributed by atoms with van der Waals surface area (Å²) >= 11 is 0. The van der Waals surface area contributed by atoms with Gasteiger partial charge in [-0.1, -0.05) is 54.1 Å². The summed E-state index contributed by atoms with van der Waals surface area (Å²) in [4.78, 5) is 0. The van der Waals surface area contributed by atoms with Crippen molar-refractivity contribution in [3.05, 3.63) is 70.8 Å². The van der Waals surface area contributed by atoms with E-state index in [9.17, 15) is 0 Å². The maximum atomic E-state index is 3.54. The van der Waals surface area contributed by atoms with Crippen LogP contribution in [0.15, 0.2) is 48.5 Å². The molecule has 1 aliphatic carbocycles. The summed E-state index contributed by atoms with van der Waals surface area (Å²) in [5.74, 6) is 0.721. The molecule has 1 nitrogen and oxygen atoms in total. The lowest BCUT2D eigenvalue weighted by atomic mass is 9.91. The van der Waals surface area contributed by atoms with E-state index in [0.29, 0.717) is 6.04 Å². The molecule has 2 aromatic rings. The maximum Gasteiger partial charge on any atom is 0.0139 e. The van der Waals surface area contributed by atoms with Gasteiger partial charge in [-0.15, -0.1) is 0 Å². The fraction of sp³-hybridized carbons (Fsp3) is 0.368. The van der Waals surface area contributed by atoms with Crippen LogP contribution in [-0.2, 0) is 19.3 Å². The molecule has 0 heterocycles. The van der Waals surface area contributed by atoms with Gasteiger partial charge in [-0.25, -0.2) is 0 Å². The molecule has 1 atom stereocenters. The Morgan fingerprint density at radius 1 is 1.00 bits per heavy atom. The normalized spacial score (nSPS) is 16.1. The zero-order valence-corrected chi connectivity index (χ0v) is 12.4. The van der Waals surface area contributed by atoms with Crippen molar-refractivity contribution in [3.8, 4) is 0 Å². The molecular weight excluding hydrogens is 242 g/mol. The highest BCUT2D eigenvalue weighted by atomic mass is 14.9. The summed E-state index contributed by atoms with van der Waals surface area (Å²) in [6.45, 7) is 2.15. The van der Waals surface area contributed by atoms with Crippen LogP contribution in [0, 0.1) is 12.8 Å². The Bertz CT molecular complexity index is 546. The minimum absolute atomic E-state index is 0.560. The highest BCUT2D eigenvalue weighted by Crippen LogP contribution is 2.29. The van der Waals surface area contributed by atoms with Crippen molar-refractivity contribution in [2.75, 3.05) is 7.05 Å². The molecule has 1 N–H and O–H groups in total. The van der Waals surface area contributed by atoms with Gasteiger partial charge < -0.3 is 5.32 Å². The topological polar surface area (TPSA) is 12.0 Å². The Labute approximate surface area is 122 Å². The first-order valence-electron chi connectivity index (χ1n) is 7.56. The molecule has 0 radical (unpaired) electrons. The lowest BCUT2D eigenvalue weighted by Gasteiger charge is -2.23. The monoisotopic (exact) mass is 265 g/mol. The average Bonchev–Trinajstić information content (AvgIpc) is 2.90. The Balaban J connectivity index is 1.71. The molecule has 1 heteroatoms. The Kier molecular flexibility index (Phi) is 3.88. The summed E-state index contributed by atoms with van der Waals surface area (Å²) in [6, 6.07) is 18.4. The first-order valence-corrected chi connectivity index (χ1v) is 7.56. The van der Waals surface area contributed by atoms with E-state index in [-0.39, 0.29) is 0 Å². The molecule has 3 rings (SSSR count). The summed E-state index contributed by atoms with van der Waals surface area (Å²) in [7, 11) is 2.10. The molecule has 0 spiro atoms. The van der Waals surface area contributed by atoms with Crippen LogP contribution in [0.3, 0.4) is 0 Å². The molecule has 104 valence electrons. The molecule has 0 aromatic heterocycles. The summed E-state index contributed by atoms with van der Waals surface area (Å²) < 4.78 is 0. The minimum atomic E-state index is 0.560. The molecule has 1 aliphatic rings. The maximum absolute atomic E-state index is 3.54. The van der Waals surface area contributed by atoms with Crippen LogP contribution >= 0.6 is 0 Å². The Hall–Kier alpha value is -1.60. The second-order valence-electron chi connectivity index (χ2n) is 6.02. The number of likely N-dealkylation sites (N-methyl/N-ethyl adjacent to an activating group) is 1. The van der Waals surface area contributed by atoms with Gasteiger partial charge in [0.25, 0.3) is 0 Å². The minimum Gasteiger partial charge on any atom is -0.316 e. The van der Waals surface area contributed by atoms with Crippen LogP contribution in [0.4, 0.5) is 0 Å². The van der Waals surface area contributed by atoms with E-state index < -0.39 is 0 Å². The highest BCUT2D eigenvalue weighted by molar-refractivity contribution is 5.33. The second kappa shape index (κ2) is 5.80. The summed E-state index contributed by atoms with van der Waals surface area (Å²) in [5.41, 5.74) is 5.86. The predicted molar refractivity (Wildman–Crippen MR) is 85.1 cm³/mol. The predicted octanol–water partition coefficient (Wildman–Crippen LogP) is 3.54. The van der Waals surface area contributed by atoms with Gasteiger partial charge in [0.05, 0.1) is 0 Å². The van der Waals surface area contributed by atoms with Crippen molar-refractivity contribution in [1.29, 1.82) is 0 Å². The smallest absolute Gasteiger partial charge is 0.0139 e. The first kappa shape index (κ1) is 13.4. The third-order valence-corrected chi connectivity index (χ3v) is 4.60. The number of benzene rings is 2. The highest BCUT2D eigenvalue weighted by Gasteiger charge is 2.27. The van der Waals surface area contributed by atoms with E-state index in [1.54, 1.807) is 11.1 Å². The van der Waals surface area contributed by atoms with Crippen molar-refractivity contribution in [3.63, 3.8) is 0 Å². The molecule has 20 heavy (non-hydrogen) atoms. The van der Waals surface area contributed by atoms with E-state index in [1.807, 2.05) is 0 Å². The molecule has 0 fully saturated rings. The van der Waals surface area contributed by atoms with Gasteiger partial charge in [0.1, 0.15) is 0 Å². The molecule has 0 aliphatic heterocycles. The van der Waals surface area contributed by atoms with Crippen molar-refractivity contribution in [2.45, 2.75) is 32.2 Å². The molecule has 2 aromatic carbocycles. The van der Waals surface area contributed by atoms with Crippen LogP contribution in [0.25, 0.3) is 0 Å². The lowest BCUT2D eigenvalue weighted by Crippen LogP contribution is -2.36. The third-order valence-electron chi connectivity index (χ3n) is 4.60. The van der Waals surface area contributed by atoms with E-state index in [1.165, 1.54) is 24.0 Å².